The van der Waals surface area contributed by atoms with Crippen LogP contribution in [0.5, 0.6) is 11.5 Å². The van der Waals surface area contributed by atoms with Crippen molar-refractivity contribution >= 4 is 11.6 Å². The van der Waals surface area contributed by atoms with Gasteiger partial charge in [-0.3, -0.25) is 0 Å². The Bertz CT molecular complexity index is 352. The minimum Gasteiger partial charge on any atom is -0.486 e. The van der Waals surface area contributed by atoms with E-state index in [1.807, 2.05) is 18.2 Å². The van der Waals surface area contributed by atoms with Crippen molar-refractivity contribution in [2.75, 3.05) is 13.2 Å². The molecule has 0 fully saturated rings. The summed E-state index contributed by atoms with van der Waals surface area (Å²) < 4.78 is 11.0. The summed E-state index contributed by atoms with van der Waals surface area (Å²) in [5.74, 6) is 1.65. The average Bonchev–Trinajstić information content (AvgIpc) is 2.35. The van der Waals surface area contributed by atoms with Gasteiger partial charge in [-0.2, -0.15) is 0 Å². The minimum atomic E-state index is 0.0794. The number of rotatable bonds is 4. The van der Waals surface area contributed by atoms with Crippen LogP contribution < -0.4 is 9.47 Å². The maximum Gasteiger partial charge on any atom is 0.161 e. The van der Waals surface area contributed by atoms with Crippen molar-refractivity contribution in [2.24, 2.45) is 0 Å². The third kappa shape index (κ3) is 2.62. The lowest BCUT2D eigenvalue weighted by molar-refractivity contribution is 0.171. The van der Waals surface area contributed by atoms with E-state index in [1.54, 1.807) is 0 Å². The molecule has 0 N–H and O–H groups in total. The zero-order valence-electron chi connectivity index (χ0n) is 9.54. The fourth-order valence-electron chi connectivity index (χ4n) is 1.80. The van der Waals surface area contributed by atoms with Gasteiger partial charge in [0, 0.05) is 0 Å². The van der Waals surface area contributed by atoms with Gasteiger partial charge in [0.05, 0.1) is 5.38 Å². The maximum atomic E-state index is 6.33. The predicted octanol–water partition coefficient (Wildman–Crippen LogP) is 3.93. The lowest BCUT2D eigenvalue weighted by Gasteiger charge is -2.20. The Kier molecular flexibility index (Phi) is 3.94. The second kappa shape index (κ2) is 5.44. The number of hydrogen-bond donors (Lipinski definition) is 0. The standard InChI is InChI=1S/C13H17ClO2/c1-2-3-4-11(14)10-5-6-12-13(9-10)16-8-7-15-12/h5-6,9,11H,2-4,7-8H2,1H3. The molecule has 1 heterocycles. The number of ether oxygens (including phenoxy) is 2. The topological polar surface area (TPSA) is 18.5 Å². The summed E-state index contributed by atoms with van der Waals surface area (Å²) in [6, 6.07) is 5.98. The van der Waals surface area contributed by atoms with Crippen molar-refractivity contribution in [2.45, 2.75) is 31.6 Å². The molecule has 0 amide bonds. The van der Waals surface area contributed by atoms with Crippen LogP contribution in [0, 0.1) is 0 Å². The monoisotopic (exact) mass is 240 g/mol. The van der Waals surface area contributed by atoms with E-state index in [0.29, 0.717) is 13.2 Å². The number of hydrogen-bond acceptors (Lipinski definition) is 2. The van der Waals surface area contributed by atoms with Crippen molar-refractivity contribution in [3.05, 3.63) is 23.8 Å². The molecule has 0 saturated carbocycles. The Hall–Kier alpha value is -0.890. The van der Waals surface area contributed by atoms with Crippen LogP contribution in [0.2, 0.25) is 0 Å². The molecule has 0 bridgehead atoms. The Balaban J connectivity index is 2.10. The van der Waals surface area contributed by atoms with Gasteiger partial charge in [0.2, 0.25) is 0 Å². The molecule has 3 heteroatoms. The van der Waals surface area contributed by atoms with Crippen LogP contribution in [-0.2, 0) is 0 Å². The van der Waals surface area contributed by atoms with E-state index in [4.69, 9.17) is 21.1 Å². The van der Waals surface area contributed by atoms with Crippen LogP contribution in [0.1, 0.15) is 37.1 Å². The molecule has 1 atom stereocenters. The zero-order chi connectivity index (χ0) is 11.4. The SMILES string of the molecule is CCCCC(Cl)c1ccc2c(c1)OCCO2. The second-order valence-electron chi connectivity index (χ2n) is 4.01. The van der Waals surface area contributed by atoms with Crippen LogP contribution in [0.15, 0.2) is 18.2 Å². The summed E-state index contributed by atoms with van der Waals surface area (Å²) in [7, 11) is 0. The fraction of sp³-hybridized carbons (Fsp3) is 0.538. The molecule has 88 valence electrons. The Morgan fingerprint density at radius 1 is 1.25 bits per heavy atom. The summed E-state index contributed by atoms with van der Waals surface area (Å²) >= 11 is 6.33. The highest BCUT2D eigenvalue weighted by Crippen LogP contribution is 2.35. The second-order valence-corrected chi connectivity index (χ2v) is 4.54. The third-order valence-corrected chi connectivity index (χ3v) is 3.21. The molecule has 1 unspecified atom stereocenters. The zero-order valence-corrected chi connectivity index (χ0v) is 10.3. The van der Waals surface area contributed by atoms with Crippen LogP contribution in [-0.4, -0.2) is 13.2 Å². The van der Waals surface area contributed by atoms with Gasteiger partial charge in [-0.05, 0) is 24.1 Å². The number of alkyl halides is 1. The van der Waals surface area contributed by atoms with E-state index >= 15 is 0 Å². The lowest BCUT2D eigenvalue weighted by atomic mass is 10.1. The average molecular weight is 241 g/mol. The van der Waals surface area contributed by atoms with Gasteiger partial charge in [-0.1, -0.05) is 25.8 Å². The van der Waals surface area contributed by atoms with E-state index in [9.17, 15) is 0 Å². The van der Waals surface area contributed by atoms with Crippen LogP contribution in [0.4, 0.5) is 0 Å². The maximum absolute atomic E-state index is 6.33. The summed E-state index contributed by atoms with van der Waals surface area (Å²) in [4.78, 5) is 0. The quantitative estimate of drug-likeness (QED) is 0.743. The van der Waals surface area contributed by atoms with Gasteiger partial charge in [0.1, 0.15) is 13.2 Å². The Morgan fingerprint density at radius 2 is 2.00 bits per heavy atom. The molecule has 2 rings (SSSR count). The first kappa shape index (κ1) is 11.6. The van der Waals surface area contributed by atoms with Crippen molar-refractivity contribution < 1.29 is 9.47 Å². The van der Waals surface area contributed by atoms with Crippen molar-refractivity contribution in [3.8, 4) is 11.5 Å². The molecule has 0 saturated heterocycles. The first-order valence-corrected chi connectivity index (χ1v) is 6.28. The molecule has 0 aromatic heterocycles. The molecule has 1 aromatic rings. The van der Waals surface area contributed by atoms with E-state index in [-0.39, 0.29) is 5.38 Å². The van der Waals surface area contributed by atoms with Crippen LogP contribution >= 0.6 is 11.6 Å². The molecular formula is C13H17ClO2. The molecule has 0 radical (unpaired) electrons. The predicted molar refractivity (Wildman–Crippen MR) is 65.6 cm³/mol. The Morgan fingerprint density at radius 3 is 2.75 bits per heavy atom. The summed E-state index contributed by atoms with van der Waals surface area (Å²) in [6.45, 7) is 3.43. The smallest absolute Gasteiger partial charge is 0.161 e. The molecule has 0 spiro atoms. The lowest BCUT2D eigenvalue weighted by Crippen LogP contribution is -2.15. The van der Waals surface area contributed by atoms with Gasteiger partial charge in [0.25, 0.3) is 0 Å². The van der Waals surface area contributed by atoms with Crippen molar-refractivity contribution in [3.63, 3.8) is 0 Å². The van der Waals surface area contributed by atoms with Crippen LogP contribution in [0.3, 0.4) is 0 Å². The van der Waals surface area contributed by atoms with E-state index in [1.165, 1.54) is 6.42 Å². The van der Waals surface area contributed by atoms with E-state index in [2.05, 4.69) is 6.92 Å². The molecular weight excluding hydrogens is 224 g/mol. The number of fused-ring (bicyclic) bond motifs is 1. The molecule has 1 aliphatic rings. The summed E-state index contributed by atoms with van der Waals surface area (Å²) in [5.41, 5.74) is 1.12. The highest BCUT2D eigenvalue weighted by molar-refractivity contribution is 6.20. The highest BCUT2D eigenvalue weighted by Gasteiger charge is 2.14. The normalized spacial score (nSPS) is 15.9. The first-order valence-electron chi connectivity index (χ1n) is 5.85. The molecule has 0 aliphatic carbocycles. The first-order chi connectivity index (χ1) is 7.81. The van der Waals surface area contributed by atoms with Gasteiger partial charge in [-0.15, -0.1) is 11.6 Å². The van der Waals surface area contributed by atoms with Gasteiger partial charge < -0.3 is 9.47 Å². The molecule has 1 aliphatic heterocycles. The van der Waals surface area contributed by atoms with E-state index in [0.717, 1.165) is 29.9 Å². The third-order valence-electron chi connectivity index (χ3n) is 2.74. The molecule has 2 nitrogen and oxygen atoms in total. The summed E-state index contributed by atoms with van der Waals surface area (Å²) in [6.07, 6.45) is 3.34. The highest BCUT2D eigenvalue weighted by atomic mass is 35.5. The largest absolute Gasteiger partial charge is 0.486 e. The number of benzene rings is 1. The van der Waals surface area contributed by atoms with E-state index < -0.39 is 0 Å². The molecule has 1 aromatic carbocycles. The van der Waals surface area contributed by atoms with Crippen LogP contribution in [0.25, 0.3) is 0 Å². The minimum absolute atomic E-state index is 0.0794. The van der Waals surface area contributed by atoms with Gasteiger partial charge >= 0.3 is 0 Å². The van der Waals surface area contributed by atoms with Crippen molar-refractivity contribution in [1.82, 2.24) is 0 Å². The van der Waals surface area contributed by atoms with Gasteiger partial charge in [-0.25, -0.2) is 0 Å². The summed E-state index contributed by atoms with van der Waals surface area (Å²) in [5, 5.41) is 0.0794. The number of unbranched alkanes of at least 4 members (excludes halogenated alkanes) is 1. The molecule has 16 heavy (non-hydrogen) atoms. The van der Waals surface area contributed by atoms with Gasteiger partial charge in [0.15, 0.2) is 11.5 Å². The fourth-order valence-corrected chi connectivity index (χ4v) is 2.09. The Labute approximate surface area is 102 Å². The number of halogens is 1. The van der Waals surface area contributed by atoms with Crippen molar-refractivity contribution in [1.29, 1.82) is 0 Å².